The molecule has 0 aliphatic heterocycles. The minimum Gasteiger partial charge on any atom is -0.347 e. The smallest absolute Gasteiger partial charge is 0.347 e. The fourth-order valence-electron chi connectivity index (χ4n) is 3.25. The lowest BCUT2D eigenvalue weighted by molar-refractivity contribution is 0.0910. The van der Waals surface area contributed by atoms with Crippen LogP contribution in [0.5, 0.6) is 0 Å². The van der Waals surface area contributed by atoms with E-state index in [0.717, 1.165) is 32.5 Å². The molecule has 11 heteroatoms. The van der Waals surface area contributed by atoms with Gasteiger partial charge in [0.25, 0.3) is 5.56 Å². The van der Waals surface area contributed by atoms with Crippen molar-refractivity contribution in [1.82, 2.24) is 29.8 Å². The molecular formula is C23H21FN6O4. The zero-order valence-corrected chi connectivity index (χ0v) is 18.5. The van der Waals surface area contributed by atoms with Crippen LogP contribution in [0, 0.1) is 12.7 Å². The Balaban J connectivity index is 1.58. The number of carbonyl (C=O) groups is 1. The van der Waals surface area contributed by atoms with Crippen molar-refractivity contribution >= 4 is 5.91 Å². The van der Waals surface area contributed by atoms with E-state index in [1.807, 2.05) is 31.2 Å². The maximum Gasteiger partial charge on any atom is 0.352 e. The van der Waals surface area contributed by atoms with Crippen LogP contribution in [0.4, 0.5) is 4.39 Å². The molecule has 0 unspecified atom stereocenters. The van der Waals surface area contributed by atoms with Crippen LogP contribution in [0.3, 0.4) is 0 Å². The zero-order chi connectivity index (χ0) is 24.2. The van der Waals surface area contributed by atoms with Gasteiger partial charge in [-0.05, 0) is 50.1 Å². The Morgan fingerprint density at radius 3 is 2.47 bits per heavy atom. The van der Waals surface area contributed by atoms with Gasteiger partial charge in [-0.3, -0.25) is 14.2 Å². The van der Waals surface area contributed by atoms with Gasteiger partial charge in [-0.1, -0.05) is 35.0 Å². The minimum atomic E-state index is -0.738. The summed E-state index contributed by atoms with van der Waals surface area (Å²) in [7, 11) is 0. The Morgan fingerprint density at radius 2 is 1.79 bits per heavy atom. The molecule has 0 saturated carbocycles. The molecule has 10 nitrogen and oxygen atoms in total. The molecule has 0 aliphatic carbocycles. The monoisotopic (exact) mass is 464 g/mol. The molecule has 2 aromatic carbocycles. The highest BCUT2D eigenvalue weighted by Crippen LogP contribution is 2.11. The summed E-state index contributed by atoms with van der Waals surface area (Å²) in [4.78, 5) is 41.9. The normalized spacial score (nSPS) is 10.9. The van der Waals surface area contributed by atoms with E-state index < -0.39 is 23.0 Å². The number of aromatic nitrogens is 5. The Kier molecular flexibility index (Phi) is 6.44. The summed E-state index contributed by atoms with van der Waals surface area (Å²) >= 11 is 0. The van der Waals surface area contributed by atoms with Crippen LogP contribution in [0.2, 0.25) is 0 Å². The van der Waals surface area contributed by atoms with Gasteiger partial charge in [-0.2, -0.15) is 14.8 Å². The minimum absolute atomic E-state index is 0.0542. The number of rotatable bonds is 7. The standard InChI is InChI=1S/C23H21FN6O4/c1-3-29-22(32)18(27-30(23(29)33)17-10-8-16(24)9-11-17)19-26-21(34-28-19)20(31)25-13-12-15-6-4-14(2)5-7-15/h4-11H,3,12-13H2,1-2H3,(H,25,31). The fourth-order valence-corrected chi connectivity index (χ4v) is 3.25. The van der Waals surface area contributed by atoms with Gasteiger partial charge < -0.3 is 9.84 Å². The zero-order valence-electron chi connectivity index (χ0n) is 18.5. The molecule has 2 aromatic heterocycles. The molecule has 0 atom stereocenters. The van der Waals surface area contributed by atoms with Crippen molar-refractivity contribution in [3.8, 4) is 17.2 Å². The van der Waals surface area contributed by atoms with Gasteiger partial charge in [0.15, 0.2) is 5.69 Å². The third-order valence-corrected chi connectivity index (χ3v) is 5.10. The number of halogens is 1. The van der Waals surface area contributed by atoms with Gasteiger partial charge >= 0.3 is 17.5 Å². The van der Waals surface area contributed by atoms with E-state index in [-0.39, 0.29) is 29.6 Å². The number of benzene rings is 2. The molecule has 0 spiro atoms. The molecule has 0 saturated heterocycles. The predicted octanol–water partition coefficient (Wildman–Crippen LogP) is 1.88. The number of aryl methyl sites for hydroxylation is 1. The maximum atomic E-state index is 13.3. The summed E-state index contributed by atoms with van der Waals surface area (Å²) in [5.74, 6) is -1.68. The number of nitrogens with one attached hydrogen (secondary N) is 1. The van der Waals surface area contributed by atoms with Crippen LogP contribution in [0.25, 0.3) is 17.2 Å². The van der Waals surface area contributed by atoms with Gasteiger partial charge in [0.05, 0.1) is 5.69 Å². The van der Waals surface area contributed by atoms with Crippen LogP contribution >= 0.6 is 0 Å². The lowest BCUT2D eigenvalue weighted by Crippen LogP contribution is -2.41. The first-order valence-corrected chi connectivity index (χ1v) is 10.6. The molecule has 0 fully saturated rings. The van der Waals surface area contributed by atoms with Crippen LogP contribution in [0.15, 0.2) is 62.6 Å². The van der Waals surface area contributed by atoms with Crippen molar-refractivity contribution in [1.29, 1.82) is 0 Å². The first-order valence-electron chi connectivity index (χ1n) is 10.6. The predicted molar refractivity (Wildman–Crippen MR) is 120 cm³/mol. The molecule has 174 valence electrons. The molecule has 2 heterocycles. The van der Waals surface area contributed by atoms with Gasteiger partial charge in [-0.15, -0.1) is 0 Å². The van der Waals surface area contributed by atoms with Gasteiger partial charge in [0.2, 0.25) is 5.82 Å². The fraction of sp³-hybridized carbons (Fsp3) is 0.217. The van der Waals surface area contributed by atoms with E-state index in [0.29, 0.717) is 13.0 Å². The number of carbonyl (C=O) groups excluding carboxylic acids is 1. The first kappa shape index (κ1) is 22.8. The largest absolute Gasteiger partial charge is 0.352 e. The second kappa shape index (κ2) is 9.61. The second-order valence-electron chi connectivity index (χ2n) is 7.48. The van der Waals surface area contributed by atoms with E-state index in [4.69, 9.17) is 4.52 Å². The highest BCUT2D eigenvalue weighted by Gasteiger charge is 2.22. The molecule has 0 radical (unpaired) electrons. The maximum absolute atomic E-state index is 13.3. The molecule has 1 amide bonds. The van der Waals surface area contributed by atoms with Crippen LogP contribution in [-0.4, -0.2) is 36.9 Å². The van der Waals surface area contributed by atoms with Crippen molar-refractivity contribution in [2.24, 2.45) is 0 Å². The average molecular weight is 464 g/mol. The number of hydrogen-bond acceptors (Lipinski definition) is 7. The highest BCUT2D eigenvalue weighted by molar-refractivity contribution is 5.89. The first-order chi connectivity index (χ1) is 16.4. The van der Waals surface area contributed by atoms with Crippen molar-refractivity contribution in [3.05, 3.63) is 92.2 Å². The Bertz CT molecular complexity index is 1440. The molecule has 1 N–H and O–H groups in total. The van der Waals surface area contributed by atoms with Crippen molar-refractivity contribution in [2.45, 2.75) is 26.8 Å². The van der Waals surface area contributed by atoms with E-state index in [1.54, 1.807) is 6.92 Å². The molecule has 34 heavy (non-hydrogen) atoms. The third kappa shape index (κ3) is 4.68. The van der Waals surface area contributed by atoms with Crippen LogP contribution in [0.1, 0.15) is 28.7 Å². The van der Waals surface area contributed by atoms with E-state index in [1.165, 1.54) is 12.1 Å². The summed E-state index contributed by atoms with van der Waals surface area (Å²) in [6, 6.07) is 13.0. The summed E-state index contributed by atoms with van der Waals surface area (Å²) in [5, 5.41) is 10.4. The van der Waals surface area contributed by atoms with Gasteiger partial charge in [0.1, 0.15) is 5.82 Å². The summed E-state index contributed by atoms with van der Waals surface area (Å²) in [6.07, 6.45) is 0.610. The molecule has 4 aromatic rings. The van der Waals surface area contributed by atoms with Crippen molar-refractivity contribution in [2.75, 3.05) is 6.54 Å². The van der Waals surface area contributed by atoms with Crippen molar-refractivity contribution < 1.29 is 13.7 Å². The van der Waals surface area contributed by atoms with Crippen LogP contribution in [-0.2, 0) is 13.0 Å². The van der Waals surface area contributed by atoms with E-state index in [2.05, 4.69) is 20.6 Å². The topological polar surface area (TPSA) is 125 Å². The summed E-state index contributed by atoms with van der Waals surface area (Å²) in [5.41, 5.74) is 0.719. The molecule has 0 bridgehead atoms. The Morgan fingerprint density at radius 1 is 1.09 bits per heavy atom. The summed E-state index contributed by atoms with van der Waals surface area (Å²) in [6.45, 7) is 4.01. The number of hydrogen-bond donors (Lipinski definition) is 1. The number of nitrogens with zero attached hydrogens (tertiary/aromatic N) is 5. The quantitative estimate of drug-likeness (QED) is 0.443. The lowest BCUT2D eigenvalue weighted by atomic mass is 10.1. The average Bonchev–Trinajstić information content (AvgIpc) is 3.32. The third-order valence-electron chi connectivity index (χ3n) is 5.10. The molecule has 0 aliphatic rings. The Labute approximate surface area is 192 Å². The van der Waals surface area contributed by atoms with Crippen LogP contribution < -0.4 is 16.6 Å². The SMILES string of the molecule is CCn1c(=O)c(-c2noc(C(=O)NCCc3ccc(C)cc3)n2)nn(-c2ccc(F)cc2)c1=O. The van der Waals surface area contributed by atoms with E-state index in [9.17, 15) is 18.8 Å². The second-order valence-corrected chi connectivity index (χ2v) is 7.48. The summed E-state index contributed by atoms with van der Waals surface area (Å²) < 4.78 is 20.2. The lowest BCUT2D eigenvalue weighted by Gasteiger charge is -2.09. The van der Waals surface area contributed by atoms with Gasteiger partial charge in [0, 0.05) is 13.1 Å². The molecule has 4 rings (SSSR count). The number of amides is 1. The highest BCUT2D eigenvalue weighted by atomic mass is 19.1. The van der Waals surface area contributed by atoms with Gasteiger partial charge in [-0.25, -0.2) is 9.18 Å². The van der Waals surface area contributed by atoms with E-state index >= 15 is 0 Å². The molecular weight excluding hydrogens is 443 g/mol. The van der Waals surface area contributed by atoms with Crippen molar-refractivity contribution in [3.63, 3.8) is 0 Å². The Hall–Kier alpha value is -4.41.